The second kappa shape index (κ2) is 9.92. The first kappa shape index (κ1) is 23.9. The molecule has 0 radical (unpaired) electrons. The lowest BCUT2D eigenvalue weighted by Gasteiger charge is -2.35. The number of hydrogen-bond donors (Lipinski definition) is 2. The molecule has 1 saturated heterocycles. The minimum Gasteiger partial charge on any atom is -0.508 e. The fourth-order valence-corrected chi connectivity index (χ4v) is 4.98. The first-order chi connectivity index (χ1) is 16.3. The van der Waals surface area contributed by atoms with Gasteiger partial charge in [0.15, 0.2) is 0 Å². The first-order valence-electron chi connectivity index (χ1n) is 12.1. The maximum Gasteiger partial charge on any atom is 0.295 e. The molecule has 2 fully saturated rings. The van der Waals surface area contributed by atoms with E-state index in [0.29, 0.717) is 23.7 Å². The Kier molecular flexibility index (Phi) is 6.96. The molecule has 2 aliphatic rings. The van der Waals surface area contributed by atoms with Crippen molar-refractivity contribution in [2.24, 2.45) is 5.92 Å². The highest BCUT2D eigenvalue weighted by atomic mass is 16.5. The van der Waals surface area contributed by atoms with E-state index in [9.17, 15) is 19.8 Å². The highest BCUT2D eigenvalue weighted by Crippen LogP contribution is 2.43. The number of rotatable bonds is 6. The number of phenolic OH excluding ortho intramolecular Hbond substituents is 1. The van der Waals surface area contributed by atoms with E-state index in [1.807, 2.05) is 6.92 Å². The molecule has 1 aliphatic carbocycles. The fourth-order valence-electron chi connectivity index (χ4n) is 4.98. The molecule has 0 aromatic heterocycles. The Bertz CT molecular complexity index is 1110. The number of ketones is 1. The molecule has 1 aliphatic heterocycles. The van der Waals surface area contributed by atoms with Gasteiger partial charge in [0.25, 0.3) is 11.7 Å². The van der Waals surface area contributed by atoms with Crippen LogP contribution in [0.5, 0.6) is 11.5 Å². The minimum atomic E-state index is -0.743. The number of amides is 1. The third-order valence-corrected chi connectivity index (χ3v) is 6.65. The number of ether oxygens (including phenoxy) is 1. The highest BCUT2D eigenvalue weighted by molar-refractivity contribution is 6.46. The molecule has 180 valence electrons. The molecule has 34 heavy (non-hydrogen) atoms. The van der Waals surface area contributed by atoms with Crippen LogP contribution in [-0.2, 0) is 9.59 Å². The number of hydrogen-bond acceptors (Lipinski definition) is 5. The maximum atomic E-state index is 13.3. The number of carbonyl (C=O) groups excluding carboxylic acids is 2. The van der Waals surface area contributed by atoms with E-state index in [4.69, 9.17) is 4.74 Å². The molecule has 2 aromatic carbocycles. The molecule has 6 nitrogen and oxygen atoms in total. The van der Waals surface area contributed by atoms with Crippen molar-refractivity contribution in [1.82, 2.24) is 4.90 Å². The van der Waals surface area contributed by atoms with Crippen LogP contribution in [0.1, 0.15) is 68.7 Å². The third kappa shape index (κ3) is 4.67. The van der Waals surface area contributed by atoms with E-state index in [1.165, 1.54) is 0 Å². The van der Waals surface area contributed by atoms with Gasteiger partial charge in [-0.05, 0) is 67.1 Å². The molecule has 2 N–H and O–H groups in total. The Hall–Kier alpha value is -3.28. The summed E-state index contributed by atoms with van der Waals surface area (Å²) in [5.74, 6) is -0.328. The molecule has 1 unspecified atom stereocenters. The Morgan fingerprint density at radius 3 is 2.47 bits per heavy atom. The molecule has 6 heteroatoms. The number of Topliss-reactive ketones (excluding diaryl/α,β-unsaturated/α-hetero) is 1. The van der Waals surface area contributed by atoms with Crippen LogP contribution in [0.2, 0.25) is 0 Å². The normalized spacial score (nSPS) is 20.8. The molecule has 1 heterocycles. The number of nitrogens with zero attached hydrogens (tertiary/aromatic N) is 1. The lowest BCUT2D eigenvalue weighted by Crippen LogP contribution is -2.40. The second-order valence-electron chi connectivity index (χ2n) is 9.78. The van der Waals surface area contributed by atoms with Crippen LogP contribution in [0.3, 0.4) is 0 Å². The molecule has 1 saturated carbocycles. The summed E-state index contributed by atoms with van der Waals surface area (Å²) in [4.78, 5) is 28.1. The van der Waals surface area contributed by atoms with Gasteiger partial charge < -0.3 is 19.8 Å². The summed E-state index contributed by atoms with van der Waals surface area (Å²) in [6.45, 7) is 6.61. The van der Waals surface area contributed by atoms with Gasteiger partial charge >= 0.3 is 0 Å². The van der Waals surface area contributed by atoms with Crippen molar-refractivity contribution in [3.05, 3.63) is 64.7 Å². The maximum absolute atomic E-state index is 13.3. The van der Waals surface area contributed by atoms with Crippen LogP contribution in [0.15, 0.2) is 48.0 Å². The van der Waals surface area contributed by atoms with Gasteiger partial charge in [-0.25, -0.2) is 0 Å². The minimum absolute atomic E-state index is 0.0502. The van der Waals surface area contributed by atoms with Crippen molar-refractivity contribution in [2.45, 2.75) is 65.0 Å². The summed E-state index contributed by atoms with van der Waals surface area (Å²) in [6.07, 6.45) is 4.75. The Morgan fingerprint density at radius 1 is 1.09 bits per heavy atom. The molecule has 2 aromatic rings. The third-order valence-electron chi connectivity index (χ3n) is 6.65. The van der Waals surface area contributed by atoms with Crippen LogP contribution in [0.4, 0.5) is 0 Å². The monoisotopic (exact) mass is 463 g/mol. The molecular formula is C28H33NO5. The van der Waals surface area contributed by atoms with E-state index >= 15 is 0 Å². The van der Waals surface area contributed by atoms with Gasteiger partial charge in [0, 0.05) is 11.6 Å². The predicted octanol–water partition coefficient (Wildman–Crippen LogP) is 5.49. The van der Waals surface area contributed by atoms with Gasteiger partial charge in [0.1, 0.15) is 17.3 Å². The number of carbonyl (C=O) groups is 2. The first-order valence-corrected chi connectivity index (χ1v) is 12.1. The van der Waals surface area contributed by atoms with E-state index in [2.05, 4.69) is 13.8 Å². The standard InChI is InChI=1S/C28H33NO5/c1-17(2)16-34-23-13-12-20(14-18(23)3)26(31)24-25(19-8-7-11-22(30)15-19)29(28(33)27(24)32)21-9-5-4-6-10-21/h7-8,11-15,17,21,25,30-31H,4-6,9-10,16H2,1-3H3/b26-24-. The number of aryl methyl sites for hydroxylation is 1. The summed E-state index contributed by atoms with van der Waals surface area (Å²) in [6, 6.07) is 11.0. The number of likely N-dealkylation sites (tertiary alicyclic amines) is 1. The molecule has 1 atom stereocenters. The summed E-state index contributed by atoms with van der Waals surface area (Å²) in [5.41, 5.74) is 1.97. The summed E-state index contributed by atoms with van der Waals surface area (Å²) in [5, 5.41) is 21.5. The van der Waals surface area contributed by atoms with Crippen molar-refractivity contribution in [2.75, 3.05) is 6.61 Å². The number of benzene rings is 2. The van der Waals surface area contributed by atoms with Gasteiger partial charge in [-0.2, -0.15) is 0 Å². The van der Waals surface area contributed by atoms with Gasteiger partial charge in [0.2, 0.25) is 0 Å². The van der Waals surface area contributed by atoms with Gasteiger partial charge in [-0.1, -0.05) is 45.2 Å². The Balaban J connectivity index is 1.79. The molecule has 0 spiro atoms. The van der Waals surface area contributed by atoms with E-state index in [-0.39, 0.29) is 23.1 Å². The average molecular weight is 464 g/mol. The fraction of sp³-hybridized carbons (Fsp3) is 0.429. The number of aliphatic hydroxyl groups excluding tert-OH is 1. The topological polar surface area (TPSA) is 87.1 Å². The van der Waals surface area contributed by atoms with Crippen LogP contribution < -0.4 is 4.74 Å². The zero-order valence-corrected chi connectivity index (χ0v) is 20.1. The van der Waals surface area contributed by atoms with Gasteiger partial charge in [-0.15, -0.1) is 0 Å². The van der Waals surface area contributed by atoms with Crippen LogP contribution in [0.25, 0.3) is 5.76 Å². The van der Waals surface area contributed by atoms with Crippen LogP contribution in [0, 0.1) is 12.8 Å². The van der Waals surface area contributed by atoms with E-state index < -0.39 is 17.7 Å². The van der Waals surface area contributed by atoms with Crippen molar-refractivity contribution >= 4 is 17.4 Å². The molecule has 4 rings (SSSR count). The average Bonchev–Trinajstić information content (AvgIpc) is 3.08. The molecule has 1 amide bonds. The summed E-state index contributed by atoms with van der Waals surface area (Å²) < 4.78 is 5.84. The molecule has 0 bridgehead atoms. The largest absolute Gasteiger partial charge is 0.508 e. The highest BCUT2D eigenvalue weighted by Gasteiger charge is 2.48. The SMILES string of the molecule is Cc1cc(/C(O)=C2/C(=O)C(=O)N(C3CCCCC3)C2c2cccc(O)c2)ccc1OCC(C)C. The van der Waals surface area contributed by atoms with Crippen LogP contribution >= 0.6 is 0 Å². The lowest BCUT2D eigenvalue weighted by molar-refractivity contribution is -0.141. The second-order valence-corrected chi connectivity index (χ2v) is 9.78. The predicted molar refractivity (Wildman–Crippen MR) is 131 cm³/mol. The quantitative estimate of drug-likeness (QED) is 0.336. The Morgan fingerprint density at radius 2 is 1.82 bits per heavy atom. The number of aromatic hydroxyl groups is 1. The molecular weight excluding hydrogens is 430 g/mol. The number of phenols is 1. The van der Waals surface area contributed by atoms with Crippen molar-refractivity contribution < 1.29 is 24.5 Å². The summed E-state index contributed by atoms with van der Waals surface area (Å²) >= 11 is 0. The van der Waals surface area contributed by atoms with Crippen LogP contribution in [-0.4, -0.2) is 39.5 Å². The van der Waals surface area contributed by atoms with Gasteiger partial charge in [0.05, 0.1) is 18.2 Å². The zero-order chi connectivity index (χ0) is 24.4. The van der Waals surface area contributed by atoms with Gasteiger partial charge in [-0.3, -0.25) is 9.59 Å². The van der Waals surface area contributed by atoms with Crippen molar-refractivity contribution in [1.29, 1.82) is 0 Å². The number of aliphatic hydroxyl groups is 1. The van der Waals surface area contributed by atoms with Crippen molar-refractivity contribution in [3.8, 4) is 11.5 Å². The lowest BCUT2D eigenvalue weighted by atomic mass is 9.90. The van der Waals surface area contributed by atoms with Crippen molar-refractivity contribution in [3.63, 3.8) is 0 Å². The zero-order valence-electron chi connectivity index (χ0n) is 20.1. The van der Waals surface area contributed by atoms with E-state index in [1.54, 1.807) is 47.4 Å². The summed E-state index contributed by atoms with van der Waals surface area (Å²) in [7, 11) is 0. The Labute approximate surface area is 200 Å². The smallest absolute Gasteiger partial charge is 0.295 e. The van der Waals surface area contributed by atoms with E-state index in [0.717, 1.165) is 43.4 Å².